The molecule has 0 atom stereocenters. The summed E-state index contributed by atoms with van der Waals surface area (Å²) in [6.07, 6.45) is 3.14. The Morgan fingerprint density at radius 3 is 2.94 bits per heavy atom. The van der Waals surface area contributed by atoms with E-state index in [9.17, 15) is 4.79 Å². The summed E-state index contributed by atoms with van der Waals surface area (Å²) < 4.78 is 2.67. The first-order valence-corrected chi connectivity index (χ1v) is 5.25. The third-order valence-electron chi connectivity index (χ3n) is 2.70. The van der Waals surface area contributed by atoms with Gasteiger partial charge in [0.15, 0.2) is 5.82 Å². The molecule has 0 N–H and O–H groups in total. The lowest BCUT2D eigenvalue weighted by atomic mass is 10.2. The zero-order valence-corrected chi connectivity index (χ0v) is 9.61. The highest BCUT2D eigenvalue weighted by molar-refractivity contribution is 5.56. The van der Waals surface area contributed by atoms with Gasteiger partial charge in [-0.25, -0.2) is 9.67 Å². The number of hydrogen-bond donors (Lipinski definition) is 0. The molecule has 0 aliphatic rings. The Kier molecular flexibility index (Phi) is 2.19. The zero-order chi connectivity index (χ0) is 12.7. The van der Waals surface area contributed by atoms with Crippen LogP contribution in [0.15, 0.2) is 29.3 Å². The Hall–Kier alpha value is -2.57. The fraction of sp³-hybridized carbons (Fsp3) is 0.0909. The van der Waals surface area contributed by atoms with Crippen molar-refractivity contribution in [2.75, 3.05) is 0 Å². The van der Waals surface area contributed by atoms with Gasteiger partial charge in [-0.2, -0.15) is 0 Å². The van der Waals surface area contributed by atoms with Gasteiger partial charge in [-0.15, -0.1) is 5.10 Å². The second-order valence-corrected chi connectivity index (χ2v) is 3.86. The molecular formula is C11H9N6O. The molecule has 0 aromatic carbocycles. The van der Waals surface area contributed by atoms with E-state index in [-0.39, 0.29) is 5.56 Å². The van der Waals surface area contributed by atoms with Gasteiger partial charge in [0, 0.05) is 12.4 Å². The molecule has 0 saturated carbocycles. The Bertz CT molecular complexity index is 788. The molecule has 3 rings (SSSR count). The lowest BCUT2D eigenvalue weighted by Crippen LogP contribution is -2.18. The summed E-state index contributed by atoms with van der Waals surface area (Å²) in [4.78, 5) is 16.6. The number of aromatic nitrogens is 6. The normalized spacial score (nSPS) is 11.0. The van der Waals surface area contributed by atoms with Gasteiger partial charge < -0.3 is 0 Å². The van der Waals surface area contributed by atoms with E-state index in [1.54, 1.807) is 12.3 Å². The first-order valence-electron chi connectivity index (χ1n) is 5.25. The summed E-state index contributed by atoms with van der Waals surface area (Å²) in [6, 6.07) is 3.69. The summed E-state index contributed by atoms with van der Waals surface area (Å²) in [6.45, 7) is 1.90. The van der Waals surface area contributed by atoms with E-state index in [0.717, 1.165) is 5.56 Å². The van der Waals surface area contributed by atoms with Crippen LogP contribution in [0.4, 0.5) is 0 Å². The maximum Gasteiger partial charge on any atom is 0.269 e. The van der Waals surface area contributed by atoms with Crippen LogP contribution in [-0.2, 0) is 0 Å². The van der Waals surface area contributed by atoms with Crippen molar-refractivity contribution in [3.05, 3.63) is 47.5 Å². The molecule has 0 aliphatic carbocycles. The van der Waals surface area contributed by atoms with Crippen molar-refractivity contribution in [2.24, 2.45) is 0 Å². The highest BCUT2D eigenvalue weighted by atomic mass is 16.1. The van der Waals surface area contributed by atoms with Gasteiger partial charge in [-0.1, -0.05) is 6.07 Å². The van der Waals surface area contributed by atoms with Crippen molar-refractivity contribution in [3.8, 4) is 11.4 Å². The van der Waals surface area contributed by atoms with Crippen molar-refractivity contribution in [3.63, 3.8) is 0 Å². The third kappa shape index (κ3) is 1.41. The number of pyridine rings is 1. The van der Waals surface area contributed by atoms with Gasteiger partial charge in [0.05, 0.1) is 7.05 Å². The molecule has 89 valence electrons. The fourth-order valence-corrected chi connectivity index (χ4v) is 1.80. The number of aryl methyl sites for hydroxylation is 1. The van der Waals surface area contributed by atoms with Crippen LogP contribution in [0.1, 0.15) is 5.56 Å². The minimum atomic E-state index is -0.219. The Morgan fingerprint density at radius 1 is 1.39 bits per heavy atom. The molecule has 18 heavy (non-hydrogen) atoms. The van der Waals surface area contributed by atoms with Crippen LogP contribution in [0.2, 0.25) is 0 Å². The molecular weight excluding hydrogens is 232 g/mol. The first-order chi connectivity index (χ1) is 8.68. The molecule has 0 saturated heterocycles. The summed E-state index contributed by atoms with van der Waals surface area (Å²) >= 11 is 0. The van der Waals surface area contributed by atoms with Gasteiger partial charge in [0.2, 0.25) is 0 Å². The van der Waals surface area contributed by atoms with Crippen LogP contribution in [0.3, 0.4) is 0 Å². The molecule has 7 nitrogen and oxygen atoms in total. The second kappa shape index (κ2) is 3.73. The van der Waals surface area contributed by atoms with Gasteiger partial charge in [0.1, 0.15) is 11.2 Å². The summed E-state index contributed by atoms with van der Waals surface area (Å²) in [5.41, 5.74) is 1.64. The van der Waals surface area contributed by atoms with E-state index in [4.69, 9.17) is 0 Å². The van der Waals surface area contributed by atoms with Gasteiger partial charge in [-0.3, -0.25) is 9.20 Å². The Balaban J connectivity index is 2.38. The maximum atomic E-state index is 12.3. The topological polar surface area (TPSA) is 78.0 Å². The average Bonchev–Trinajstić information content (AvgIpc) is 2.77. The van der Waals surface area contributed by atoms with Gasteiger partial charge in [-0.05, 0) is 29.0 Å². The van der Waals surface area contributed by atoms with E-state index < -0.39 is 0 Å². The molecule has 7 heteroatoms. The van der Waals surface area contributed by atoms with Crippen LogP contribution < -0.4 is 5.56 Å². The number of hydrogen-bond acceptors (Lipinski definition) is 5. The van der Waals surface area contributed by atoms with Crippen LogP contribution in [0, 0.1) is 14.0 Å². The molecule has 3 aromatic heterocycles. The highest BCUT2D eigenvalue weighted by Gasteiger charge is 2.13. The van der Waals surface area contributed by atoms with Crippen molar-refractivity contribution in [2.45, 2.75) is 6.92 Å². The zero-order valence-electron chi connectivity index (χ0n) is 9.61. The first kappa shape index (κ1) is 10.6. The van der Waals surface area contributed by atoms with Gasteiger partial charge in [0.25, 0.3) is 5.56 Å². The third-order valence-corrected chi connectivity index (χ3v) is 2.70. The number of nitrogens with zero attached hydrogens (tertiary/aromatic N) is 6. The van der Waals surface area contributed by atoms with E-state index in [2.05, 4.69) is 27.6 Å². The lowest BCUT2D eigenvalue weighted by molar-refractivity contribution is 0.787. The molecule has 0 spiro atoms. The summed E-state index contributed by atoms with van der Waals surface area (Å²) in [7, 11) is 3.60. The maximum absolute atomic E-state index is 12.3. The summed E-state index contributed by atoms with van der Waals surface area (Å²) in [5.74, 6) is 0.295. The molecule has 0 unspecified atom stereocenters. The number of rotatable bonds is 1. The van der Waals surface area contributed by atoms with Crippen molar-refractivity contribution in [1.82, 2.24) is 29.6 Å². The SMILES string of the molecule is [CH2]n1nnnc1-c1cnc2c(C)cccn2c1=O. The second-order valence-electron chi connectivity index (χ2n) is 3.86. The molecule has 3 aromatic rings. The predicted molar refractivity (Wildman–Crippen MR) is 63.8 cm³/mol. The highest BCUT2D eigenvalue weighted by Crippen LogP contribution is 2.11. The minimum Gasteiger partial charge on any atom is -0.268 e. The Labute approximate surface area is 102 Å². The number of tetrazole rings is 1. The largest absolute Gasteiger partial charge is 0.269 e. The monoisotopic (exact) mass is 241 g/mol. The summed E-state index contributed by atoms with van der Waals surface area (Å²) in [5, 5.41) is 10.8. The van der Waals surface area contributed by atoms with Crippen molar-refractivity contribution >= 4 is 5.65 Å². The molecule has 0 aliphatic heterocycles. The lowest BCUT2D eigenvalue weighted by Gasteiger charge is -2.04. The van der Waals surface area contributed by atoms with Crippen molar-refractivity contribution < 1.29 is 0 Å². The minimum absolute atomic E-state index is 0.219. The van der Waals surface area contributed by atoms with Crippen LogP contribution >= 0.6 is 0 Å². The van der Waals surface area contributed by atoms with Gasteiger partial charge >= 0.3 is 0 Å². The van der Waals surface area contributed by atoms with E-state index in [0.29, 0.717) is 17.0 Å². The quantitative estimate of drug-likeness (QED) is 0.612. The predicted octanol–water partition coefficient (Wildman–Crippen LogP) is 0.296. The fourth-order valence-electron chi connectivity index (χ4n) is 1.80. The van der Waals surface area contributed by atoms with E-state index in [1.165, 1.54) is 15.3 Å². The van der Waals surface area contributed by atoms with Crippen molar-refractivity contribution in [1.29, 1.82) is 0 Å². The van der Waals surface area contributed by atoms with E-state index >= 15 is 0 Å². The van der Waals surface area contributed by atoms with Crippen LogP contribution in [0.5, 0.6) is 0 Å². The smallest absolute Gasteiger partial charge is 0.268 e. The average molecular weight is 241 g/mol. The molecule has 0 bridgehead atoms. The molecule has 0 fully saturated rings. The Morgan fingerprint density at radius 2 is 2.22 bits per heavy atom. The molecule has 1 radical (unpaired) electrons. The van der Waals surface area contributed by atoms with E-state index in [1.807, 2.05) is 13.0 Å². The number of fused-ring (bicyclic) bond motifs is 1. The standard InChI is InChI=1S/C11H9N6O/c1-7-4-3-5-17-9(7)12-6-8(11(17)18)10-13-14-15-16(10)2/h3-6H,2H2,1H3. The van der Waals surface area contributed by atoms with Crippen LogP contribution in [-0.4, -0.2) is 29.6 Å². The van der Waals surface area contributed by atoms with Crippen LogP contribution in [0.25, 0.3) is 17.0 Å². The molecule has 0 amide bonds. The molecule has 3 heterocycles.